The number of methoxy groups -OCH3 is 4. The van der Waals surface area contributed by atoms with Crippen LogP contribution in [0.15, 0.2) is 35.3 Å². The summed E-state index contributed by atoms with van der Waals surface area (Å²) in [6.45, 7) is -0.398. The molecule has 19 heteroatoms. The normalized spacial score (nSPS) is 11.8. The van der Waals surface area contributed by atoms with Gasteiger partial charge in [-0.15, -0.1) is 0 Å². The molecule has 3 rings (SSSR count). The number of carbonyl (C=O) groups is 4. The third kappa shape index (κ3) is 10.4. The van der Waals surface area contributed by atoms with Gasteiger partial charge in [-0.3, -0.25) is 19.2 Å². The van der Waals surface area contributed by atoms with Crippen LogP contribution in [-0.2, 0) is 19.2 Å². The van der Waals surface area contributed by atoms with Gasteiger partial charge in [-0.2, -0.15) is 20.4 Å². The van der Waals surface area contributed by atoms with E-state index in [9.17, 15) is 19.2 Å². The Morgan fingerprint density at radius 3 is 2.12 bits per heavy atom. The number of carbonyl (C=O) groups excluding carboxylic acids is 3. The number of carboxylic acid groups (broad SMARTS) is 1. The number of aromatic amines is 1. The molecule has 0 aliphatic rings. The molecular weight excluding hydrogens is 644 g/mol. The Morgan fingerprint density at radius 2 is 1.55 bits per heavy atom. The first-order chi connectivity index (χ1) is 23.4. The predicted octanol–water partition coefficient (Wildman–Crippen LogP) is -0.432. The van der Waals surface area contributed by atoms with Crippen molar-refractivity contribution in [3.05, 3.63) is 30.3 Å². The number of aromatic nitrogens is 3. The highest BCUT2D eigenvalue weighted by molar-refractivity contribution is 5.92. The first-order valence-corrected chi connectivity index (χ1v) is 14.7. The number of H-pyrrole nitrogens is 1. The molecule has 264 valence electrons. The number of guanidine groups is 1. The number of benzene rings is 2. The third-order valence-corrected chi connectivity index (χ3v) is 6.98. The van der Waals surface area contributed by atoms with Gasteiger partial charge in [-0.1, -0.05) is 0 Å². The zero-order valence-electron chi connectivity index (χ0n) is 27.4. The molecule has 2 atom stereocenters. The second kappa shape index (κ2) is 17.7. The van der Waals surface area contributed by atoms with Gasteiger partial charge in [-0.25, -0.2) is 0 Å². The number of nitrogens with zero attached hydrogens (tertiary/aromatic N) is 3. The number of rotatable bonds is 18. The summed E-state index contributed by atoms with van der Waals surface area (Å²) in [6.07, 6.45) is -0.613. The van der Waals surface area contributed by atoms with Gasteiger partial charge in [0.2, 0.25) is 23.5 Å². The van der Waals surface area contributed by atoms with E-state index in [1.807, 2.05) is 0 Å². The molecule has 2 unspecified atom stereocenters. The number of nitrogens with one attached hydrogen (secondary N) is 4. The monoisotopic (exact) mass is 684 g/mol. The molecule has 0 radical (unpaired) electrons. The van der Waals surface area contributed by atoms with Crippen LogP contribution in [0.25, 0.3) is 22.5 Å². The summed E-state index contributed by atoms with van der Waals surface area (Å²) >= 11 is 0. The van der Waals surface area contributed by atoms with E-state index in [1.54, 1.807) is 30.3 Å². The molecular formula is C30H40N10O9. The van der Waals surface area contributed by atoms with Crippen LogP contribution in [0.5, 0.6) is 23.0 Å². The van der Waals surface area contributed by atoms with E-state index in [2.05, 4.69) is 36.4 Å². The fourth-order valence-electron chi connectivity index (χ4n) is 4.66. The average molecular weight is 685 g/mol. The molecule has 19 nitrogen and oxygen atoms in total. The number of hydrogen-bond donors (Lipinski definition) is 8. The van der Waals surface area contributed by atoms with Gasteiger partial charge < -0.3 is 57.2 Å². The zero-order chi connectivity index (χ0) is 36.1. The summed E-state index contributed by atoms with van der Waals surface area (Å²) in [4.78, 5) is 51.3. The molecule has 0 saturated heterocycles. The van der Waals surface area contributed by atoms with Crippen molar-refractivity contribution in [3.63, 3.8) is 0 Å². The quantitative estimate of drug-likeness (QED) is 0.0623. The van der Waals surface area contributed by atoms with Crippen molar-refractivity contribution < 1.29 is 43.2 Å². The fourth-order valence-corrected chi connectivity index (χ4v) is 4.66. The fraction of sp³-hybridized carbons (Fsp3) is 0.367. The van der Waals surface area contributed by atoms with Gasteiger partial charge in [0.15, 0.2) is 17.5 Å². The maximum absolute atomic E-state index is 12.7. The highest BCUT2D eigenvalue weighted by Gasteiger charge is 2.22. The van der Waals surface area contributed by atoms with Crippen LogP contribution < -0.4 is 52.1 Å². The maximum atomic E-state index is 12.7. The van der Waals surface area contributed by atoms with E-state index in [1.165, 1.54) is 28.4 Å². The lowest BCUT2D eigenvalue weighted by Gasteiger charge is -2.21. The Kier molecular flexibility index (Phi) is 13.5. The Morgan fingerprint density at radius 1 is 0.918 bits per heavy atom. The van der Waals surface area contributed by atoms with Crippen LogP contribution in [0.1, 0.15) is 19.3 Å². The van der Waals surface area contributed by atoms with Gasteiger partial charge in [0.25, 0.3) is 0 Å². The Balaban J connectivity index is 1.85. The molecule has 49 heavy (non-hydrogen) atoms. The number of nitrogens with two attached hydrogens (primary N) is 3. The van der Waals surface area contributed by atoms with Crippen molar-refractivity contribution in [2.75, 3.05) is 46.8 Å². The lowest BCUT2D eigenvalue weighted by molar-refractivity contribution is -0.139. The van der Waals surface area contributed by atoms with Crippen molar-refractivity contribution in [1.29, 1.82) is 0 Å². The van der Waals surface area contributed by atoms with Gasteiger partial charge in [0.05, 0.1) is 53.1 Å². The predicted molar refractivity (Wildman–Crippen MR) is 177 cm³/mol. The number of aliphatic imine (C=N–C) groups is 1. The van der Waals surface area contributed by atoms with Crippen LogP contribution in [-0.4, -0.2) is 104 Å². The van der Waals surface area contributed by atoms with Crippen molar-refractivity contribution >= 4 is 35.3 Å². The number of amides is 3. The largest absolute Gasteiger partial charge is 0.495 e. The summed E-state index contributed by atoms with van der Waals surface area (Å²) in [6, 6.07) is 6.75. The maximum Gasteiger partial charge on any atom is 0.305 e. The molecule has 1 aromatic heterocycles. The zero-order valence-corrected chi connectivity index (χ0v) is 27.4. The van der Waals surface area contributed by atoms with E-state index in [0.29, 0.717) is 51.2 Å². The number of hydrogen-bond acceptors (Lipinski definition) is 12. The molecule has 2 aromatic carbocycles. The van der Waals surface area contributed by atoms with E-state index < -0.39 is 54.7 Å². The van der Waals surface area contributed by atoms with E-state index in [-0.39, 0.29) is 19.4 Å². The first-order valence-electron chi connectivity index (χ1n) is 14.7. The molecule has 0 aliphatic carbocycles. The number of ether oxygens (including phenoxy) is 4. The van der Waals surface area contributed by atoms with Crippen LogP contribution in [0.4, 0.5) is 5.69 Å². The summed E-state index contributed by atoms with van der Waals surface area (Å²) in [5.74, 6) is -1.95. The SMILES string of the molecule is COc1ccc(-c2n[nH]nc2-c2cc(OC)c(OC)c(OC)c2)cc1NCC(CCC(=O)N=C(N)N)NC(=O)CNC(=O)C(N)CC(=O)O. The summed E-state index contributed by atoms with van der Waals surface area (Å²) in [5.41, 5.74) is 18.9. The molecule has 0 bridgehead atoms. The Hall–Kier alpha value is -6.11. The molecule has 0 aliphatic heterocycles. The van der Waals surface area contributed by atoms with Crippen LogP contribution in [0, 0.1) is 0 Å². The lowest BCUT2D eigenvalue weighted by Crippen LogP contribution is -2.48. The highest BCUT2D eigenvalue weighted by atomic mass is 16.5. The standard InChI is InChI=1S/C30H40N10O9/c1-46-20-7-5-15(26-27(39-40-38-26)16-10-21(47-2)28(49-4)22(11-16)48-3)9-19(20)34-13-17(6-8-23(41)37-30(32)33)36-24(42)14-35-29(45)18(31)12-25(43)44/h5,7,9-11,17-18,34H,6,8,12-14,31H2,1-4H3,(H,35,45)(H,36,42)(H,43,44)(H,38,39,40)(H4,32,33,37,41). The lowest BCUT2D eigenvalue weighted by atomic mass is 10.0. The number of anilines is 1. The van der Waals surface area contributed by atoms with E-state index in [0.717, 1.165) is 0 Å². The molecule has 0 spiro atoms. The topological polar surface area (TPSA) is 294 Å². The first kappa shape index (κ1) is 37.3. The second-order valence-corrected chi connectivity index (χ2v) is 10.4. The van der Waals surface area contributed by atoms with E-state index in [4.69, 9.17) is 41.3 Å². The Bertz CT molecular complexity index is 1650. The van der Waals surface area contributed by atoms with Gasteiger partial charge in [0.1, 0.15) is 17.1 Å². The van der Waals surface area contributed by atoms with E-state index >= 15 is 0 Å². The number of carboxylic acids is 1. The molecule has 11 N–H and O–H groups in total. The minimum absolute atomic E-state index is 0.0890. The van der Waals surface area contributed by atoms with Crippen LogP contribution >= 0.6 is 0 Å². The molecule has 0 saturated carbocycles. The van der Waals surface area contributed by atoms with Gasteiger partial charge >= 0.3 is 5.97 Å². The van der Waals surface area contributed by atoms with Crippen molar-refractivity contribution in [1.82, 2.24) is 26.0 Å². The average Bonchev–Trinajstić information content (AvgIpc) is 3.57. The van der Waals surface area contributed by atoms with Gasteiger partial charge in [0, 0.05) is 30.1 Å². The minimum atomic E-state index is -1.33. The minimum Gasteiger partial charge on any atom is -0.495 e. The summed E-state index contributed by atoms with van der Waals surface area (Å²) in [7, 11) is 6.01. The molecule has 3 aromatic rings. The number of aliphatic carboxylic acids is 1. The summed E-state index contributed by atoms with van der Waals surface area (Å²) < 4.78 is 22.0. The molecule has 1 heterocycles. The van der Waals surface area contributed by atoms with Crippen molar-refractivity contribution in [2.24, 2.45) is 22.2 Å². The smallest absolute Gasteiger partial charge is 0.305 e. The molecule has 0 fully saturated rings. The summed E-state index contributed by atoms with van der Waals surface area (Å²) in [5, 5.41) is 28.5. The third-order valence-electron chi connectivity index (χ3n) is 6.98. The highest BCUT2D eigenvalue weighted by Crippen LogP contribution is 2.42. The van der Waals surface area contributed by atoms with Crippen LogP contribution in [0.2, 0.25) is 0 Å². The van der Waals surface area contributed by atoms with Crippen LogP contribution in [0.3, 0.4) is 0 Å². The Labute approximate surface area is 280 Å². The van der Waals surface area contributed by atoms with Crippen molar-refractivity contribution in [3.8, 4) is 45.5 Å². The van der Waals surface area contributed by atoms with Gasteiger partial charge in [-0.05, 0) is 36.8 Å². The molecule has 3 amide bonds. The second-order valence-electron chi connectivity index (χ2n) is 10.4. The van der Waals surface area contributed by atoms with Crippen molar-refractivity contribution in [2.45, 2.75) is 31.3 Å².